The summed E-state index contributed by atoms with van der Waals surface area (Å²) >= 11 is 0. The van der Waals surface area contributed by atoms with Crippen molar-refractivity contribution in [2.24, 2.45) is 5.41 Å². The molecule has 0 radical (unpaired) electrons. The minimum absolute atomic E-state index is 0.104. The molecule has 0 aliphatic carbocycles. The number of nitrogens with zero attached hydrogens (tertiary/aromatic N) is 2. The monoisotopic (exact) mass is 438 g/mol. The topological polar surface area (TPSA) is 87.2 Å². The van der Waals surface area contributed by atoms with Gasteiger partial charge in [-0.1, -0.05) is 18.2 Å². The first kappa shape index (κ1) is 23.4. The van der Waals surface area contributed by atoms with E-state index in [0.717, 1.165) is 25.9 Å². The molecule has 2 aliphatic heterocycles. The van der Waals surface area contributed by atoms with E-state index in [0.29, 0.717) is 26.3 Å². The number of sulfonamides is 1. The zero-order valence-corrected chi connectivity index (χ0v) is 16.9. The van der Waals surface area contributed by atoms with E-state index in [1.54, 1.807) is 4.31 Å². The van der Waals surface area contributed by atoms with Crippen LogP contribution in [0.1, 0.15) is 12.8 Å². The summed E-state index contributed by atoms with van der Waals surface area (Å²) in [6.07, 6.45) is -1.86. The van der Waals surface area contributed by atoms with Gasteiger partial charge >= 0.3 is 12.1 Å². The van der Waals surface area contributed by atoms with Crippen LogP contribution >= 0.6 is 0 Å². The fourth-order valence-electron chi connectivity index (χ4n) is 3.54. The molecule has 1 N–H and O–H groups in total. The fourth-order valence-corrected chi connectivity index (χ4v) is 4.51. The SMILES string of the molecule is CS(=O)(=O)N1CCCC2(COCCN(c3ccccc3)C2)C1.O=C(O)C(F)(F)F. The Kier molecular flexibility index (Phi) is 7.52. The Hall–Kier alpha value is -1.85. The van der Waals surface area contributed by atoms with Crippen LogP contribution in [-0.4, -0.2) is 75.6 Å². The van der Waals surface area contributed by atoms with Crippen LogP contribution in [0.3, 0.4) is 0 Å². The van der Waals surface area contributed by atoms with Crippen molar-refractivity contribution in [1.29, 1.82) is 0 Å². The number of ether oxygens (including phenoxy) is 1. The molecule has 3 rings (SSSR count). The second kappa shape index (κ2) is 9.31. The largest absolute Gasteiger partial charge is 0.490 e. The van der Waals surface area contributed by atoms with Gasteiger partial charge < -0.3 is 14.7 Å². The van der Waals surface area contributed by atoms with Crippen LogP contribution in [0, 0.1) is 5.41 Å². The van der Waals surface area contributed by atoms with Gasteiger partial charge in [0.15, 0.2) is 0 Å². The molecule has 164 valence electrons. The molecule has 0 saturated carbocycles. The Morgan fingerprint density at radius 1 is 1.17 bits per heavy atom. The van der Waals surface area contributed by atoms with Gasteiger partial charge in [0.25, 0.3) is 0 Å². The maximum absolute atomic E-state index is 11.9. The van der Waals surface area contributed by atoms with Crippen LogP contribution in [-0.2, 0) is 19.6 Å². The summed E-state index contributed by atoms with van der Waals surface area (Å²) in [6, 6.07) is 10.3. The summed E-state index contributed by atoms with van der Waals surface area (Å²) in [6.45, 7) is 4.23. The summed E-state index contributed by atoms with van der Waals surface area (Å²) in [7, 11) is -3.14. The molecule has 29 heavy (non-hydrogen) atoms. The molecular weight excluding hydrogens is 413 g/mol. The first-order chi connectivity index (χ1) is 13.4. The lowest BCUT2D eigenvalue weighted by molar-refractivity contribution is -0.192. The van der Waals surface area contributed by atoms with E-state index in [9.17, 15) is 21.6 Å². The van der Waals surface area contributed by atoms with Gasteiger partial charge in [0, 0.05) is 37.3 Å². The van der Waals surface area contributed by atoms with Crippen LogP contribution in [0.4, 0.5) is 18.9 Å². The molecular formula is C18H25F3N2O5S. The second-order valence-corrected chi connectivity index (χ2v) is 9.30. The maximum atomic E-state index is 11.9. The maximum Gasteiger partial charge on any atom is 0.490 e. The molecule has 2 saturated heterocycles. The number of alkyl halides is 3. The van der Waals surface area contributed by atoms with Crippen molar-refractivity contribution in [2.45, 2.75) is 19.0 Å². The molecule has 2 fully saturated rings. The highest BCUT2D eigenvalue weighted by molar-refractivity contribution is 7.88. The number of hydrogen-bond donors (Lipinski definition) is 1. The van der Waals surface area contributed by atoms with E-state index in [-0.39, 0.29) is 5.41 Å². The molecule has 1 spiro atoms. The molecule has 1 aromatic carbocycles. The van der Waals surface area contributed by atoms with E-state index < -0.39 is 22.2 Å². The summed E-state index contributed by atoms with van der Waals surface area (Å²) < 4.78 is 63.0. The molecule has 0 aromatic heterocycles. The summed E-state index contributed by atoms with van der Waals surface area (Å²) in [5.41, 5.74) is 1.08. The molecule has 7 nitrogen and oxygen atoms in total. The first-order valence-electron chi connectivity index (χ1n) is 9.06. The van der Waals surface area contributed by atoms with E-state index >= 15 is 0 Å². The molecule has 2 heterocycles. The van der Waals surface area contributed by atoms with E-state index in [1.165, 1.54) is 11.9 Å². The molecule has 0 bridgehead atoms. The van der Waals surface area contributed by atoms with Crippen LogP contribution in [0.5, 0.6) is 0 Å². The Labute approximate surface area is 168 Å². The lowest BCUT2D eigenvalue weighted by Gasteiger charge is -2.43. The number of para-hydroxylation sites is 1. The highest BCUT2D eigenvalue weighted by Crippen LogP contribution is 2.35. The van der Waals surface area contributed by atoms with Gasteiger partial charge in [-0.05, 0) is 25.0 Å². The number of rotatable bonds is 2. The minimum Gasteiger partial charge on any atom is -0.475 e. The van der Waals surface area contributed by atoms with Crippen molar-refractivity contribution in [3.63, 3.8) is 0 Å². The van der Waals surface area contributed by atoms with Gasteiger partial charge in [-0.15, -0.1) is 0 Å². The Morgan fingerprint density at radius 2 is 1.79 bits per heavy atom. The number of aliphatic carboxylic acids is 1. The van der Waals surface area contributed by atoms with Gasteiger partial charge in [-0.25, -0.2) is 17.5 Å². The van der Waals surface area contributed by atoms with E-state index in [2.05, 4.69) is 17.0 Å². The van der Waals surface area contributed by atoms with Gasteiger partial charge in [-0.3, -0.25) is 0 Å². The van der Waals surface area contributed by atoms with Crippen LogP contribution in [0.15, 0.2) is 30.3 Å². The lowest BCUT2D eigenvalue weighted by atomic mass is 9.81. The predicted octanol–water partition coefficient (Wildman–Crippen LogP) is 2.20. The third kappa shape index (κ3) is 6.86. The number of piperidine rings is 1. The highest BCUT2D eigenvalue weighted by Gasteiger charge is 2.41. The van der Waals surface area contributed by atoms with Crippen molar-refractivity contribution >= 4 is 21.7 Å². The Balaban J connectivity index is 0.000000370. The molecule has 2 aliphatic rings. The van der Waals surface area contributed by atoms with Gasteiger partial charge in [0.2, 0.25) is 10.0 Å². The van der Waals surface area contributed by atoms with Gasteiger partial charge in [0.05, 0.1) is 19.5 Å². The molecule has 0 amide bonds. The number of carbonyl (C=O) groups is 1. The number of benzene rings is 1. The normalized spacial score (nSPS) is 23.8. The standard InChI is InChI=1S/C16H24N2O3S.C2HF3O2/c1-22(19,20)18-9-5-8-16(13-18)12-17(10-11-21-14-16)15-6-3-2-4-7-15;3-2(4,5)1(6)7/h2-4,6-7H,5,8-14H2,1H3;(H,6,7). The Bertz CT molecular complexity index is 788. The summed E-state index contributed by atoms with van der Waals surface area (Å²) in [4.78, 5) is 11.2. The van der Waals surface area contributed by atoms with Crippen molar-refractivity contribution in [3.8, 4) is 0 Å². The number of anilines is 1. The average molecular weight is 438 g/mol. The molecule has 11 heteroatoms. The van der Waals surface area contributed by atoms with Crippen molar-refractivity contribution in [3.05, 3.63) is 30.3 Å². The van der Waals surface area contributed by atoms with E-state index in [4.69, 9.17) is 14.6 Å². The number of carboxylic acid groups (broad SMARTS) is 1. The van der Waals surface area contributed by atoms with Crippen molar-refractivity contribution in [1.82, 2.24) is 4.31 Å². The van der Waals surface area contributed by atoms with Crippen LogP contribution in [0.25, 0.3) is 0 Å². The van der Waals surface area contributed by atoms with Crippen LogP contribution in [0.2, 0.25) is 0 Å². The number of hydrogen-bond acceptors (Lipinski definition) is 5. The fraction of sp³-hybridized carbons (Fsp3) is 0.611. The second-order valence-electron chi connectivity index (χ2n) is 7.31. The minimum atomic E-state index is -5.08. The van der Waals surface area contributed by atoms with Gasteiger partial charge in [0.1, 0.15) is 0 Å². The zero-order chi connectivity index (χ0) is 21.7. The molecule has 1 atom stereocenters. The third-order valence-electron chi connectivity index (χ3n) is 4.90. The van der Waals surface area contributed by atoms with E-state index in [1.807, 2.05) is 18.2 Å². The predicted molar refractivity (Wildman–Crippen MR) is 101 cm³/mol. The lowest BCUT2D eigenvalue weighted by Crippen LogP contribution is -2.52. The first-order valence-corrected chi connectivity index (χ1v) is 10.9. The third-order valence-corrected chi connectivity index (χ3v) is 6.15. The quantitative estimate of drug-likeness (QED) is 0.762. The summed E-state index contributed by atoms with van der Waals surface area (Å²) in [5.74, 6) is -2.76. The number of halogens is 3. The Morgan fingerprint density at radius 3 is 2.34 bits per heavy atom. The molecule has 1 aromatic rings. The summed E-state index contributed by atoms with van der Waals surface area (Å²) in [5, 5.41) is 7.12. The highest BCUT2D eigenvalue weighted by atomic mass is 32.2. The van der Waals surface area contributed by atoms with Gasteiger partial charge in [-0.2, -0.15) is 13.2 Å². The average Bonchev–Trinajstić information content (AvgIpc) is 2.84. The van der Waals surface area contributed by atoms with Crippen LogP contribution < -0.4 is 4.90 Å². The smallest absolute Gasteiger partial charge is 0.475 e. The van der Waals surface area contributed by atoms with Crippen molar-refractivity contribution in [2.75, 3.05) is 50.5 Å². The molecule has 1 unspecified atom stereocenters. The van der Waals surface area contributed by atoms with Crippen molar-refractivity contribution < 1.29 is 36.2 Å². The zero-order valence-electron chi connectivity index (χ0n) is 16.1. The number of carboxylic acids is 1.